The summed E-state index contributed by atoms with van der Waals surface area (Å²) >= 11 is 0. The number of hydrogen-bond acceptors (Lipinski definition) is 4. The van der Waals surface area contributed by atoms with Gasteiger partial charge in [-0.1, -0.05) is 12.1 Å². The fraction of sp³-hybridized carbons (Fsp3) is 0.700. The summed E-state index contributed by atoms with van der Waals surface area (Å²) in [5, 5.41) is 3.47. The van der Waals surface area contributed by atoms with E-state index in [4.69, 9.17) is 9.47 Å². The smallest absolute Gasteiger partial charge is 0.120 e. The standard InChI is InChI=1S/C20H32N2O2.2ClH/c1-20(2,3)24-18-6-4-16(5-7-18)19(17-8-14-23-15-9-17)22-12-10-21-11-13-22;;/h4-7,17,19,21H,8-15H2,1-3H3;2*1H/t19-;;/m1../s1. The molecule has 6 heteroatoms. The van der Waals surface area contributed by atoms with Crippen molar-refractivity contribution in [3.63, 3.8) is 0 Å². The second-order valence-corrected chi connectivity index (χ2v) is 7.96. The number of hydrogen-bond donors (Lipinski definition) is 1. The Morgan fingerprint density at radius 3 is 2.15 bits per heavy atom. The summed E-state index contributed by atoms with van der Waals surface area (Å²) in [5.74, 6) is 1.64. The molecular weight excluding hydrogens is 371 g/mol. The van der Waals surface area contributed by atoms with Crippen LogP contribution in [-0.2, 0) is 4.74 Å². The molecule has 2 saturated heterocycles. The maximum absolute atomic E-state index is 5.98. The topological polar surface area (TPSA) is 33.7 Å². The number of nitrogens with one attached hydrogen (secondary N) is 1. The summed E-state index contributed by atoms with van der Waals surface area (Å²) in [4.78, 5) is 2.66. The van der Waals surface area contributed by atoms with Crippen LogP contribution in [0.15, 0.2) is 24.3 Å². The lowest BCUT2D eigenvalue weighted by atomic mass is 9.85. The normalized spacial score (nSPS) is 20.6. The zero-order chi connectivity index (χ0) is 17.0. The highest BCUT2D eigenvalue weighted by molar-refractivity contribution is 5.85. The summed E-state index contributed by atoms with van der Waals surface area (Å²) in [6, 6.07) is 9.30. The van der Waals surface area contributed by atoms with Crippen molar-refractivity contribution in [1.82, 2.24) is 10.2 Å². The zero-order valence-corrected chi connectivity index (χ0v) is 17.8. The van der Waals surface area contributed by atoms with E-state index in [0.29, 0.717) is 12.0 Å². The van der Waals surface area contributed by atoms with E-state index in [1.807, 2.05) is 0 Å². The van der Waals surface area contributed by atoms with Crippen molar-refractivity contribution in [2.75, 3.05) is 39.4 Å². The van der Waals surface area contributed by atoms with E-state index >= 15 is 0 Å². The highest BCUT2D eigenvalue weighted by atomic mass is 35.5. The van der Waals surface area contributed by atoms with Gasteiger partial charge in [0.05, 0.1) is 0 Å². The quantitative estimate of drug-likeness (QED) is 0.819. The Morgan fingerprint density at radius 1 is 1.04 bits per heavy atom. The molecule has 0 radical (unpaired) electrons. The lowest BCUT2D eigenvalue weighted by Crippen LogP contribution is -2.47. The van der Waals surface area contributed by atoms with Crippen LogP contribution in [-0.4, -0.2) is 49.9 Å². The highest BCUT2D eigenvalue weighted by Crippen LogP contribution is 2.36. The Morgan fingerprint density at radius 2 is 1.62 bits per heavy atom. The first-order valence-corrected chi connectivity index (χ1v) is 9.34. The van der Waals surface area contributed by atoms with E-state index in [0.717, 1.165) is 58.0 Å². The monoisotopic (exact) mass is 404 g/mol. The van der Waals surface area contributed by atoms with Gasteiger partial charge in [-0.15, -0.1) is 24.8 Å². The molecule has 150 valence electrons. The summed E-state index contributed by atoms with van der Waals surface area (Å²) in [7, 11) is 0. The summed E-state index contributed by atoms with van der Waals surface area (Å²) < 4.78 is 11.6. The Hall–Kier alpha value is -0.520. The molecule has 2 aliphatic heterocycles. The third kappa shape index (κ3) is 6.58. The molecule has 1 aromatic rings. The van der Waals surface area contributed by atoms with Gasteiger partial charge in [-0.25, -0.2) is 0 Å². The minimum Gasteiger partial charge on any atom is -0.488 e. The molecule has 0 aliphatic carbocycles. The molecule has 4 nitrogen and oxygen atoms in total. The van der Waals surface area contributed by atoms with Crippen LogP contribution in [0.1, 0.15) is 45.2 Å². The van der Waals surface area contributed by atoms with Gasteiger partial charge in [0, 0.05) is 45.4 Å². The van der Waals surface area contributed by atoms with E-state index in [1.165, 1.54) is 5.56 Å². The fourth-order valence-corrected chi connectivity index (χ4v) is 3.86. The van der Waals surface area contributed by atoms with E-state index in [1.54, 1.807) is 0 Å². The Bertz CT molecular complexity index is 490. The largest absolute Gasteiger partial charge is 0.488 e. The number of nitrogens with zero attached hydrogens (tertiary/aromatic N) is 1. The minimum absolute atomic E-state index is 0. The predicted molar refractivity (Wildman–Crippen MR) is 112 cm³/mol. The molecule has 2 aliphatic rings. The van der Waals surface area contributed by atoms with Crippen molar-refractivity contribution in [3.8, 4) is 5.75 Å². The SMILES string of the molecule is CC(C)(C)Oc1ccc([C@H](C2CCOCC2)N2CCNCC2)cc1.Cl.Cl. The van der Waals surface area contributed by atoms with Crippen molar-refractivity contribution < 1.29 is 9.47 Å². The van der Waals surface area contributed by atoms with Crippen LogP contribution >= 0.6 is 24.8 Å². The molecular formula is C20H34Cl2N2O2. The van der Waals surface area contributed by atoms with Crippen molar-refractivity contribution in [2.45, 2.75) is 45.3 Å². The van der Waals surface area contributed by atoms with E-state index < -0.39 is 0 Å². The molecule has 2 heterocycles. The maximum atomic E-state index is 5.98. The minimum atomic E-state index is -0.153. The van der Waals surface area contributed by atoms with Gasteiger partial charge in [-0.3, -0.25) is 4.90 Å². The van der Waals surface area contributed by atoms with Crippen LogP contribution in [0.5, 0.6) is 5.75 Å². The molecule has 1 atom stereocenters. The highest BCUT2D eigenvalue weighted by Gasteiger charge is 2.31. The first-order valence-electron chi connectivity index (χ1n) is 9.34. The van der Waals surface area contributed by atoms with Crippen LogP contribution in [0.3, 0.4) is 0 Å². The van der Waals surface area contributed by atoms with E-state index in [-0.39, 0.29) is 30.4 Å². The number of benzene rings is 1. The number of ether oxygens (including phenoxy) is 2. The van der Waals surface area contributed by atoms with Crippen LogP contribution in [0.4, 0.5) is 0 Å². The van der Waals surface area contributed by atoms with Crippen LogP contribution in [0.2, 0.25) is 0 Å². The first kappa shape index (κ1) is 23.5. The van der Waals surface area contributed by atoms with Gasteiger partial charge < -0.3 is 14.8 Å². The van der Waals surface area contributed by atoms with Crippen molar-refractivity contribution >= 4 is 24.8 Å². The van der Waals surface area contributed by atoms with E-state index in [2.05, 4.69) is 55.3 Å². The van der Waals surface area contributed by atoms with E-state index in [9.17, 15) is 0 Å². The number of piperazine rings is 1. The van der Waals surface area contributed by atoms with Gasteiger partial charge >= 0.3 is 0 Å². The fourth-order valence-electron chi connectivity index (χ4n) is 3.86. The average molecular weight is 405 g/mol. The molecule has 0 aromatic heterocycles. The van der Waals surface area contributed by atoms with Gasteiger partial charge in [-0.05, 0) is 57.2 Å². The van der Waals surface area contributed by atoms with Gasteiger partial charge in [-0.2, -0.15) is 0 Å². The second-order valence-electron chi connectivity index (χ2n) is 7.96. The molecule has 0 amide bonds. The third-order valence-corrected chi connectivity index (χ3v) is 4.90. The molecule has 0 unspecified atom stereocenters. The molecule has 0 bridgehead atoms. The zero-order valence-electron chi connectivity index (χ0n) is 16.2. The van der Waals surface area contributed by atoms with Crippen molar-refractivity contribution in [3.05, 3.63) is 29.8 Å². The van der Waals surface area contributed by atoms with Crippen molar-refractivity contribution in [1.29, 1.82) is 0 Å². The lowest BCUT2D eigenvalue weighted by Gasteiger charge is -2.41. The van der Waals surface area contributed by atoms with Crippen LogP contribution in [0.25, 0.3) is 0 Å². The average Bonchev–Trinajstić information content (AvgIpc) is 2.57. The Balaban J connectivity index is 0.00000169. The summed E-state index contributed by atoms with van der Waals surface area (Å²) in [6.45, 7) is 12.5. The molecule has 0 spiro atoms. The molecule has 1 aromatic carbocycles. The molecule has 3 rings (SSSR count). The maximum Gasteiger partial charge on any atom is 0.120 e. The van der Waals surface area contributed by atoms with Gasteiger partial charge in [0.2, 0.25) is 0 Å². The number of halogens is 2. The lowest BCUT2D eigenvalue weighted by molar-refractivity contribution is 0.0212. The van der Waals surface area contributed by atoms with Crippen molar-refractivity contribution in [2.24, 2.45) is 5.92 Å². The van der Waals surface area contributed by atoms with Gasteiger partial charge in [0.1, 0.15) is 11.4 Å². The molecule has 1 N–H and O–H groups in total. The van der Waals surface area contributed by atoms with Crippen LogP contribution < -0.4 is 10.1 Å². The predicted octanol–water partition coefficient (Wildman–Crippen LogP) is 4.08. The van der Waals surface area contributed by atoms with Crippen LogP contribution in [0, 0.1) is 5.92 Å². The second kappa shape index (κ2) is 10.7. The molecule has 26 heavy (non-hydrogen) atoms. The summed E-state index contributed by atoms with van der Waals surface area (Å²) in [5.41, 5.74) is 1.27. The molecule has 2 fully saturated rings. The Kier molecular flexibility index (Phi) is 9.70. The Labute approximate surface area is 170 Å². The number of rotatable bonds is 4. The summed E-state index contributed by atoms with van der Waals surface area (Å²) in [6.07, 6.45) is 2.32. The van der Waals surface area contributed by atoms with Gasteiger partial charge in [0.25, 0.3) is 0 Å². The molecule has 0 saturated carbocycles. The van der Waals surface area contributed by atoms with Gasteiger partial charge in [0.15, 0.2) is 0 Å². The third-order valence-electron chi connectivity index (χ3n) is 4.90. The first-order chi connectivity index (χ1) is 11.5.